The average Bonchev–Trinajstić information content (AvgIpc) is 2.73. The summed E-state index contributed by atoms with van der Waals surface area (Å²) in [6.45, 7) is 0. The van der Waals surface area contributed by atoms with Crippen LogP contribution in [0.3, 0.4) is 0 Å². The molecule has 0 radical (unpaired) electrons. The van der Waals surface area contributed by atoms with Gasteiger partial charge in [0.05, 0.1) is 30.8 Å². The fourth-order valence-corrected chi connectivity index (χ4v) is 3.26. The maximum Gasteiger partial charge on any atom is 0.271 e. The molecule has 0 aliphatic carbocycles. The maximum absolute atomic E-state index is 12.8. The predicted molar refractivity (Wildman–Crippen MR) is 107 cm³/mol. The third-order valence-electron chi connectivity index (χ3n) is 3.72. The molecule has 148 valence electrons. The van der Waals surface area contributed by atoms with Crippen LogP contribution in [0.4, 0.5) is 11.4 Å². The second kappa shape index (κ2) is 9.02. The van der Waals surface area contributed by atoms with Gasteiger partial charge in [-0.05, 0) is 30.0 Å². The Kier molecular flexibility index (Phi) is 6.25. The van der Waals surface area contributed by atoms with Crippen LogP contribution in [-0.2, 0) is 0 Å². The first-order valence-corrected chi connectivity index (χ1v) is 9.11. The van der Waals surface area contributed by atoms with Gasteiger partial charge in [-0.1, -0.05) is 18.2 Å². The molecule has 0 fully saturated rings. The van der Waals surface area contributed by atoms with Crippen LogP contribution in [0.15, 0.2) is 64.6 Å². The number of rotatable bonds is 7. The number of ether oxygens (including phenoxy) is 2. The van der Waals surface area contributed by atoms with Gasteiger partial charge in [0.1, 0.15) is 0 Å². The number of nitrogens with zero attached hydrogens (tertiary/aromatic N) is 3. The van der Waals surface area contributed by atoms with E-state index >= 15 is 0 Å². The normalized spacial score (nSPS) is 10.3. The first-order valence-electron chi connectivity index (χ1n) is 8.30. The van der Waals surface area contributed by atoms with Crippen molar-refractivity contribution in [2.75, 3.05) is 19.5 Å². The molecule has 0 spiro atoms. The summed E-state index contributed by atoms with van der Waals surface area (Å²) in [5, 5.41) is 13.9. The van der Waals surface area contributed by atoms with Crippen LogP contribution >= 0.6 is 11.8 Å². The summed E-state index contributed by atoms with van der Waals surface area (Å²) in [5.41, 5.74) is 0.583. The van der Waals surface area contributed by atoms with Gasteiger partial charge < -0.3 is 14.8 Å². The van der Waals surface area contributed by atoms with Crippen LogP contribution in [0, 0.1) is 10.1 Å². The van der Waals surface area contributed by atoms with E-state index in [-0.39, 0.29) is 5.69 Å². The molecule has 2 aromatic carbocycles. The molecule has 0 unspecified atom stereocenters. The second-order valence-electron chi connectivity index (χ2n) is 5.60. The molecule has 0 aliphatic rings. The number of nitro groups is 1. The van der Waals surface area contributed by atoms with E-state index in [2.05, 4.69) is 15.3 Å². The number of methoxy groups -OCH3 is 2. The summed E-state index contributed by atoms with van der Waals surface area (Å²) < 4.78 is 10.3. The van der Waals surface area contributed by atoms with E-state index < -0.39 is 10.8 Å². The molecule has 0 saturated carbocycles. The minimum absolute atomic E-state index is 0.109. The van der Waals surface area contributed by atoms with E-state index in [0.29, 0.717) is 33.1 Å². The highest BCUT2D eigenvalue weighted by molar-refractivity contribution is 7.99. The van der Waals surface area contributed by atoms with Crippen LogP contribution < -0.4 is 14.8 Å². The van der Waals surface area contributed by atoms with Crippen LogP contribution in [0.25, 0.3) is 0 Å². The lowest BCUT2D eigenvalue weighted by Gasteiger charge is -2.10. The molecule has 29 heavy (non-hydrogen) atoms. The van der Waals surface area contributed by atoms with Crippen molar-refractivity contribution in [1.82, 2.24) is 9.97 Å². The Balaban J connectivity index is 1.86. The Hall–Kier alpha value is -3.66. The molecule has 3 aromatic rings. The largest absolute Gasteiger partial charge is 0.481 e. The van der Waals surface area contributed by atoms with Crippen LogP contribution in [-0.4, -0.2) is 35.0 Å². The summed E-state index contributed by atoms with van der Waals surface area (Å²) in [5.74, 6) is 0.249. The number of hydrogen-bond acceptors (Lipinski definition) is 8. The molecule has 1 heterocycles. The molecule has 1 amide bonds. The van der Waals surface area contributed by atoms with Crippen molar-refractivity contribution in [2.24, 2.45) is 0 Å². The molecule has 1 N–H and O–H groups in total. The van der Waals surface area contributed by atoms with Crippen LogP contribution in [0.5, 0.6) is 11.8 Å². The summed E-state index contributed by atoms with van der Waals surface area (Å²) in [4.78, 5) is 32.3. The highest BCUT2D eigenvalue weighted by atomic mass is 32.2. The first kappa shape index (κ1) is 20.1. The van der Waals surface area contributed by atoms with Crippen molar-refractivity contribution >= 4 is 29.0 Å². The van der Waals surface area contributed by atoms with Gasteiger partial charge in [-0.25, -0.2) is 0 Å². The monoisotopic (exact) mass is 412 g/mol. The van der Waals surface area contributed by atoms with Gasteiger partial charge in [0.25, 0.3) is 11.6 Å². The number of hydrogen-bond donors (Lipinski definition) is 1. The number of aromatic nitrogens is 2. The molecule has 3 rings (SSSR count). The SMILES string of the molecule is COc1cc(OC)nc(Sc2ccccc2C(=O)Nc2cccc([N+](=O)[O-])c2)n1. The molecule has 1 aromatic heterocycles. The maximum atomic E-state index is 12.8. The molecule has 10 heteroatoms. The minimum Gasteiger partial charge on any atom is -0.481 e. The van der Waals surface area contributed by atoms with Gasteiger partial charge in [-0.15, -0.1) is 0 Å². The van der Waals surface area contributed by atoms with Crippen molar-refractivity contribution in [3.05, 3.63) is 70.3 Å². The lowest BCUT2D eigenvalue weighted by Crippen LogP contribution is -2.13. The van der Waals surface area contributed by atoms with Gasteiger partial charge in [-0.2, -0.15) is 9.97 Å². The Labute approximate surface area is 170 Å². The van der Waals surface area contributed by atoms with E-state index in [4.69, 9.17) is 9.47 Å². The van der Waals surface area contributed by atoms with Crippen molar-refractivity contribution in [1.29, 1.82) is 0 Å². The fourth-order valence-electron chi connectivity index (χ4n) is 2.38. The molecule has 9 nitrogen and oxygen atoms in total. The lowest BCUT2D eigenvalue weighted by molar-refractivity contribution is -0.384. The fraction of sp³-hybridized carbons (Fsp3) is 0.105. The number of benzene rings is 2. The van der Waals surface area contributed by atoms with Gasteiger partial charge in [0.15, 0.2) is 5.16 Å². The Morgan fingerprint density at radius 3 is 2.38 bits per heavy atom. The predicted octanol–water partition coefficient (Wildman–Crippen LogP) is 3.81. The number of carbonyl (C=O) groups excluding carboxylic acids is 1. The number of amides is 1. The average molecular weight is 412 g/mol. The number of non-ortho nitro benzene ring substituents is 1. The molecule has 0 aliphatic heterocycles. The lowest BCUT2D eigenvalue weighted by atomic mass is 10.2. The van der Waals surface area contributed by atoms with Gasteiger partial charge in [-0.3, -0.25) is 14.9 Å². The molecule has 0 atom stereocenters. The number of nitro benzene ring substituents is 1. The summed E-state index contributed by atoms with van der Waals surface area (Å²) >= 11 is 1.17. The van der Waals surface area contributed by atoms with Gasteiger partial charge >= 0.3 is 0 Å². The topological polar surface area (TPSA) is 116 Å². The zero-order valence-corrected chi connectivity index (χ0v) is 16.3. The number of anilines is 1. The van der Waals surface area contributed by atoms with E-state index in [9.17, 15) is 14.9 Å². The highest BCUT2D eigenvalue weighted by Crippen LogP contribution is 2.31. The smallest absolute Gasteiger partial charge is 0.271 e. The summed E-state index contributed by atoms with van der Waals surface area (Å²) in [6.07, 6.45) is 0. The molecule has 0 bridgehead atoms. The number of nitrogens with one attached hydrogen (secondary N) is 1. The quantitative estimate of drug-likeness (QED) is 0.354. The van der Waals surface area contributed by atoms with Crippen LogP contribution in [0.2, 0.25) is 0 Å². The molecular weight excluding hydrogens is 396 g/mol. The minimum atomic E-state index is -0.521. The Morgan fingerprint density at radius 1 is 1.03 bits per heavy atom. The standard InChI is InChI=1S/C19H16N4O5S/c1-27-16-11-17(28-2)22-19(21-16)29-15-9-4-3-8-14(15)18(24)20-12-6-5-7-13(10-12)23(25)26/h3-11H,1-2H3,(H,20,24). The molecule has 0 saturated heterocycles. The van der Waals surface area contributed by atoms with Gasteiger partial charge in [0, 0.05) is 22.7 Å². The van der Waals surface area contributed by atoms with Crippen molar-refractivity contribution in [3.8, 4) is 11.8 Å². The van der Waals surface area contributed by atoms with Gasteiger partial charge in [0.2, 0.25) is 11.8 Å². The Bertz CT molecular complexity index is 1040. The third kappa shape index (κ3) is 4.99. The van der Waals surface area contributed by atoms with Crippen molar-refractivity contribution < 1.29 is 19.2 Å². The number of carbonyl (C=O) groups is 1. The van der Waals surface area contributed by atoms with Crippen molar-refractivity contribution in [2.45, 2.75) is 10.1 Å². The second-order valence-corrected chi connectivity index (χ2v) is 6.60. The van der Waals surface area contributed by atoms with Crippen molar-refractivity contribution in [3.63, 3.8) is 0 Å². The van der Waals surface area contributed by atoms with E-state index in [1.807, 2.05) is 0 Å². The zero-order chi connectivity index (χ0) is 20.8. The summed E-state index contributed by atoms with van der Waals surface area (Å²) in [6, 6.07) is 14.2. The zero-order valence-electron chi connectivity index (χ0n) is 15.5. The summed E-state index contributed by atoms with van der Waals surface area (Å²) in [7, 11) is 2.97. The van der Waals surface area contributed by atoms with Crippen LogP contribution in [0.1, 0.15) is 10.4 Å². The van der Waals surface area contributed by atoms with E-state index in [1.54, 1.807) is 36.4 Å². The highest BCUT2D eigenvalue weighted by Gasteiger charge is 2.16. The third-order valence-corrected chi connectivity index (χ3v) is 4.67. The Morgan fingerprint density at radius 2 is 1.72 bits per heavy atom. The van der Waals surface area contributed by atoms with E-state index in [0.717, 1.165) is 0 Å². The molecular formula is C19H16N4O5S. The van der Waals surface area contributed by atoms with E-state index in [1.165, 1.54) is 44.2 Å². The first-order chi connectivity index (χ1) is 14.0.